The normalized spacial score (nSPS) is 10.2. The number of carbonyl (C=O) groups is 1. The van der Waals surface area contributed by atoms with E-state index in [0.717, 1.165) is 35.5 Å². The Balaban J connectivity index is 2.65. The molecule has 0 aromatic heterocycles. The predicted molar refractivity (Wildman–Crippen MR) is 74.4 cm³/mol. The molecular weight excluding hydrogens is 248 g/mol. The Morgan fingerprint density at radius 2 is 2.11 bits per heavy atom. The Labute approximate surface area is 114 Å². The number of hydrogen-bond donors (Lipinski definition) is 1. The summed E-state index contributed by atoms with van der Waals surface area (Å²) >= 11 is 4.32. The van der Waals surface area contributed by atoms with Gasteiger partial charge in [0.25, 0.3) is 0 Å². The Bertz CT molecular complexity index is 391. The van der Waals surface area contributed by atoms with E-state index in [-0.39, 0.29) is 12.6 Å². The first-order valence-electron chi connectivity index (χ1n) is 6.27. The molecule has 0 aliphatic rings. The number of aryl methyl sites for hydroxylation is 1. The Hall–Kier alpha value is -1.16. The molecule has 0 saturated carbocycles. The summed E-state index contributed by atoms with van der Waals surface area (Å²) in [5.74, 6) is 0.406. The van der Waals surface area contributed by atoms with Crippen molar-refractivity contribution in [3.05, 3.63) is 23.8 Å². The van der Waals surface area contributed by atoms with Crippen molar-refractivity contribution in [2.24, 2.45) is 0 Å². The van der Waals surface area contributed by atoms with Crippen molar-refractivity contribution in [3.63, 3.8) is 0 Å². The average molecular weight is 268 g/mol. The molecule has 0 atom stereocenters. The van der Waals surface area contributed by atoms with Crippen molar-refractivity contribution in [1.82, 2.24) is 0 Å². The van der Waals surface area contributed by atoms with Crippen LogP contribution < -0.4 is 4.74 Å². The van der Waals surface area contributed by atoms with Gasteiger partial charge in [0.15, 0.2) is 6.61 Å². The standard InChI is InChI=1S/C14H20O3S/c1-3-5-6-11-9-12(18)7-8-13(11)17-10-14(15)16-4-2/h7-9,18H,3-6,10H2,1-2H3. The number of carbonyl (C=O) groups excluding carboxylic acids is 1. The molecule has 0 heterocycles. The zero-order valence-electron chi connectivity index (χ0n) is 10.9. The molecule has 0 aliphatic carbocycles. The molecule has 0 unspecified atom stereocenters. The number of rotatable bonds is 7. The summed E-state index contributed by atoms with van der Waals surface area (Å²) in [6.07, 6.45) is 3.14. The minimum absolute atomic E-state index is 0.0428. The first kappa shape index (κ1) is 14.9. The van der Waals surface area contributed by atoms with Crippen molar-refractivity contribution in [1.29, 1.82) is 0 Å². The lowest BCUT2D eigenvalue weighted by Gasteiger charge is -2.11. The van der Waals surface area contributed by atoms with Gasteiger partial charge in [-0.1, -0.05) is 13.3 Å². The molecule has 1 aromatic rings. The van der Waals surface area contributed by atoms with Gasteiger partial charge in [-0.25, -0.2) is 4.79 Å². The van der Waals surface area contributed by atoms with E-state index < -0.39 is 0 Å². The second-order valence-corrected chi connectivity index (χ2v) is 4.51. The van der Waals surface area contributed by atoms with Crippen LogP contribution in [0.4, 0.5) is 0 Å². The highest BCUT2D eigenvalue weighted by Gasteiger charge is 2.07. The van der Waals surface area contributed by atoms with Gasteiger partial charge in [0.05, 0.1) is 6.61 Å². The molecule has 0 spiro atoms. The molecule has 0 radical (unpaired) electrons. The maximum absolute atomic E-state index is 11.2. The van der Waals surface area contributed by atoms with Gasteiger partial charge >= 0.3 is 5.97 Å². The Morgan fingerprint density at radius 1 is 1.33 bits per heavy atom. The molecule has 1 aromatic carbocycles. The molecule has 18 heavy (non-hydrogen) atoms. The van der Waals surface area contributed by atoms with Gasteiger partial charge in [0.1, 0.15) is 5.75 Å². The lowest BCUT2D eigenvalue weighted by molar-refractivity contribution is -0.145. The summed E-state index contributed by atoms with van der Waals surface area (Å²) in [5, 5.41) is 0. The quantitative estimate of drug-likeness (QED) is 0.609. The minimum Gasteiger partial charge on any atom is -0.482 e. The highest BCUT2D eigenvalue weighted by molar-refractivity contribution is 7.80. The maximum atomic E-state index is 11.2. The van der Waals surface area contributed by atoms with E-state index in [1.165, 1.54) is 0 Å². The summed E-state index contributed by atoms with van der Waals surface area (Å²) in [6.45, 7) is 4.25. The van der Waals surface area contributed by atoms with Gasteiger partial charge < -0.3 is 9.47 Å². The maximum Gasteiger partial charge on any atom is 0.344 e. The lowest BCUT2D eigenvalue weighted by atomic mass is 10.1. The lowest BCUT2D eigenvalue weighted by Crippen LogP contribution is -2.15. The Kier molecular flexibility index (Phi) is 6.65. The average Bonchev–Trinajstić information content (AvgIpc) is 2.35. The van der Waals surface area contributed by atoms with E-state index in [9.17, 15) is 4.79 Å². The van der Waals surface area contributed by atoms with Crippen LogP contribution in [0, 0.1) is 0 Å². The zero-order chi connectivity index (χ0) is 13.4. The number of benzene rings is 1. The largest absolute Gasteiger partial charge is 0.482 e. The SMILES string of the molecule is CCCCc1cc(S)ccc1OCC(=O)OCC. The fraction of sp³-hybridized carbons (Fsp3) is 0.500. The molecule has 0 amide bonds. The van der Waals surface area contributed by atoms with Crippen molar-refractivity contribution < 1.29 is 14.3 Å². The first-order chi connectivity index (χ1) is 8.67. The van der Waals surface area contributed by atoms with E-state index in [1.807, 2.05) is 18.2 Å². The molecule has 4 heteroatoms. The molecule has 0 bridgehead atoms. The van der Waals surface area contributed by atoms with Crippen LogP contribution in [-0.4, -0.2) is 19.2 Å². The molecule has 0 saturated heterocycles. The third kappa shape index (κ3) is 5.00. The molecule has 0 aliphatic heterocycles. The summed E-state index contributed by atoms with van der Waals surface area (Å²) in [4.78, 5) is 12.2. The summed E-state index contributed by atoms with van der Waals surface area (Å²) < 4.78 is 10.3. The number of esters is 1. The van der Waals surface area contributed by atoms with Crippen LogP contribution in [0.5, 0.6) is 5.75 Å². The van der Waals surface area contributed by atoms with Crippen LogP contribution in [0.15, 0.2) is 23.1 Å². The van der Waals surface area contributed by atoms with Gasteiger partial charge in [0, 0.05) is 4.90 Å². The summed E-state index contributed by atoms with van der Waals surface area (Å²) in [6, 6.07) is 5.70. The van der Waals surface area contributed by atoms with Crippen LogP contribution in [-0.2, 0) is 16.0 Å². The highest BCUT2D eigenvalue weighted by atomic mass is 32.1. The number of hydrogen-bond acceptors (Lipinski definition) is 4. The summed E-state index contributed by atoms with van der Waals surface area (Å²) in [7, 11) is 0. The molecule has 1 rings (SSSR count). The van der Waals surface area contributed by atoms with Crippen molar-refractivity contribution in [3.8, 4) is 5.75 Å². The second-order valence-electron chi connectivity index (χ2n) is 3.99. The topological polar surface area (TPSA) is 35.5 Å². The molecule has 100 valence electrons. The smallest absolute Gasteiger partial charge is 0.344 e. The molecular formula is C14H20O3S. The van der Waals surface area contributed by atoms with Crippen LogP contribution >= 0.6 is 12.6 Å². The van der Waals surface area contributed by atoms with Crippen LogP contribution in [0.1, 0.15) is 32.3 Å². The van der Waals surface area contributed by atoms with Crippen molar-refractivity contribution in [2.45, 2.75) is 38.0 Å². The van der Waals surface area contributed by atoms with Crippen LogP contribution in [0.25, 0.3) is 0 Å². The third-order valence-corrected chi connectivity index (χ3v) is 2.77. The third-order valence-electron chi connectivity index (χ3n) is 2.49. The number of thiol groups is 1. The number of unbranched alkanes of at least 4 members (excludes halogenated alkanes) is 1. The van der Waals surface area contributed by atoms with E-state index >= 15 is 0 Å². The van der Waals surface area contributed by atoms with Gasteiger partial charge in [-0.3, -0.25) is 0 Å². The van der Waals surface area contributed by atoms with Crippen molar-refractivity contribution in [2.75, 3.05) is 13.2 Å². The fourth-order valence-corrected chi connectivity index (χ4v) is 1.84. The monoisotopic (exact) mass is 268 g/mol. The molecule has 3 nitrogen and oxygen atoms in total. The number of ether oxygens (including phenoxy) is 2. The van der Waals surface area contributed by atoms with Gasteiger partial charge in [0.2, 0.25) is 0 Å². The van der Waals surface area contributed by atoms with E-state index in [1.54, 1.807) is 6.92 Å². The second kappa shape index (κ2) is 8.03. The van der Waals surface area contributed by atoms with Crippen LogP contribution in [0.3, 0.4) is 0 Å². The molecule has 0 fully saturated rings. The highest BCUT2D eigenvalue weighted by Crippen LogP contribution is 2.23. The minimum atomic E-state index is -0.339. The van der Waals surface area contributed by atoms with Gasteiger partial charge in [-0.15, -0.1) is 12.6 Å². The molecule has 0 N–H and O–H groups in total. The zero-order valence-corrected chi connectivity index (χ0v) is 11.8. The van der Waals surface area contributed by atoms with E-state index in [0.29, 0.717) is 6.61 Å². The fourth-order valence-electron chi connectivity index (χ4n) is 1.61. The van der Waals surface area contributed by atoms with Gasteiger partial charge in [-0.2, -0.15) is 0 Å². The van der Waals surface area contributed by atoms with E-state index in [4.69, 9.17) is 9.47 Å². The van der Waals surface area contributed by atoms with Crippen molar-refractivity contribution >= 4 is 18.6 Å². The predicted octanol–water partition coefficient (Wildman–Crippen LogP) is 3.26. The first-order valence-corrected chi connectivity index (χ1v) is 6.72. The Morgan fingerprint density at radius 3 is 2.78 bits per heavy atom. The van der Waals surface area contributed by atoms with Gasteiger partial charge in [-0.05, 0) is 43.5 Å². The van der Waals surface area contributed by atoms with Crippen LogP contribution in [0.2, 0.25) is 0 Å². The summed E-state index contributed by atoms with van der Waals surface area (Å²) in [5.41, 5.74) is 1.09. The van der Waals surface area contributed by atoms with E-state index in [2.05, 4.69) is 19.6 Å².